The lowest BCUT2D eigenvalue weighted by molar-refractivity contribution is 0.886. The Bertz CT molecular complexity index is 1080. The van der Waals surface area contributed by atoms with Gasteiger partial charge in [-0.3, -0.25) is 0 Å². The molecule has 1 aromatic carbocycles. The van der Waals surface area contributed by atoms with Gasteiger partial charge in [0.25, 0.3) is 0 Å². The number of aromatic nitrogens is 5. The van der Waals surface area contributed by atoms with Crippen molar-refractivity contribution in [1.29, 1.82) is 5.26 Å². The number of hydrogen-bond donors (Lipinski definition) is 0. The summed E-state index contributed by atoms with van der Waals surface area (Å²) in [5, 5.41) is 14.7. The number of fused-ring (bicyclic) bond motifs is 2. The fraction of sp³-hybridized carbons (Fsp3) is 0.200. The summed E-state index contributed by atoms with van der Waals surface area (Å²) in [6, 6.07) is 8.18. The molecule has 0 fully saturated rings. The molecule has 3 aromatic heterocycles. The van der Waals surface area contributed by atoms with Crippen LogP contribution in [0.25, 0.3) is 27.3 Å². The maximum atomic E-state index is 9.47. The van der Waals surface area contributed by atoms with E-state index < -0.39 is 0 Å². The van der Waals surface area contributed by atoms with E-state index in [2.05, 4.69) is 21.1 Å². The molecule has 0 spiro atoms. The second kappa shape index (κ2) is 4.39. The third-order valence-corrected chi connectivity index (χ3v) is 4.61. The van der Waals surface area contributed by atoms with Crippen molar-refractivity contribution in [2.24, 2.45) is 7.05 Å². The van der Waals surface area contributed by atoms with Gasteiger partial charge in [-0.1, -0.05) is 17.4 Å². The summed E-state index contributed by atoms with van der Waals surface area (Å²) in [5.41, 5.74) is 3.98. The van der Waals surface area contributed by atoms with Gasteiger partial charge in [0.1, 0.15) is 22.6 Å². The van der Waals surface area contributed by atoms with Gasteiger partial charge < -0.3 is 4.57 Å². The molecule has 22 heavy (non-hydrogen) atoms. The molecule has 4 rings (SSSR count). The van der Waals surface area contributed by atoms with Gasteiger partial charge in [0.05, 0.1) is 11.0 Å². The zero-order chi connectivity index (χ0) is 15.4. The maximum Gasteiger partial charge on any atom is 0.213 e. The van der Waals surface area contributed by atoms with Crippen LogP contribution < -0.4 is 0 Å². The quantitative estimate of drug-likeness (QED) is 0.542. The first-order chi connectivity index (χ1) is 10.6. The Labute approximate surface area is 130 Å². The highest BCUT2D eigenvalue weighted by Crippen LogP contribution is 2.28. The second-order valence-electron chi connectivity index (χ2n) is 5.16. The molecule has 108 valence electrons. The molecule has 0 amide bonds. The van der Waals surface area contributed by atoms with Crippen molar-refractivity contribution in [2.45, 2.75) is 13.8 Å². The normalized spacial score (nSPS) is 11.4. The average molecular weight is 308 g/mol. The summed E-state index contributed by atoms with van der Waals surface area (Å²) in [6.07, 6.45) is 0. The molecule has 0 aliphatic heterocycles. The van der Waals surface area contributed by atoms with E-state index in [4.69, 9.17) is 0 Å². The largest absolute Gasteiger partial charge is 0.331 e. The minimum atomic E-state index is 0.464. The molecule has 0 N–H and O–H groups in total. The molecule has 0 atom stereocenters. The van der Waals surface area contributed by atoms with E-state index in [0.29, 0.717) is 11.4 Å². The van der Waals surface area contributed by atoms with E-state index in [9.17, 15) is 5.26 Å². The molecule has 0 unspecified atom stereocenters. The first-order valence-electron chi connectivity index (χ1n) is 6.78. The summed E-state index contributed by atoms with van der Waals surface area (Å²) in [4.78, 5) is 9.85. The number of nitriles is 1. The predicted octanol–water partition coefficient (Wildman–Crippen LogP) is 2.83. The molecule has 4 aromatic rings. The fourth-order valence-corrected chi connectivity index (χ4v) is 3.36. The van der Waals surface area contributed by atoms with Crippen LogP contribution in [0.1, 0.15) is 16.5 Å². The molecule has 0 aliphatic carbocycles. The third-order valence-electron chi connectivity index (χ3n) is 3.79. The van der Waals surface area contributed by atoms with Crippen molar-refractivity contribution < 1.29 is 0 Å². The van der Waals surface area contributed by atoms with Crippen LogP contribution in [-0.2, 0) is 7.05 Å². The molecule has 0 aliphatic rings. The highest BCUT2D eigenvalue weighted by atomic mass is 32.1. The van der Waals surface area contributed by atoms with Gasteiger partial charge in [0, 0.05) is 12.6 Å². The van der Waals surface area contributed by atoms with E-state index in [1.165, 1.54) is 11.3 Å². The van der Waals surface area contributed by atoms with Crippen molar-refractivity contribution in [2.75, 3.05) is 0 Å². The lowest BCUT2D eigenvalue weighted by Gasteiger charge is -1.99. The molecule has 0 saturated heterocycles. The molecule has 6 nitrogen and oxygen atoms in total. The summed E-state index contributed by atoms with van der Waals surface area (Å²) in [6.45, 7) is 3.88. The molecule has 0 bridgehead atoms. The van der Waals surface area contributed by atoms with Gasteiger partial charge in [-0.05, 0) is 26.0 Å². The van der Waals surface area contributed by atoms with Crippen LogP contribution in [0.5, 0.6) is 0 Å². The number of benzene rings is 1. The third kappa shape index (κ3) is 1.68. The molecular formula is C15H12N6S. The van der Waals surface area contributed by atoms with Crippen LogP contribution >= 0.6 is 11.3 Å². The number of nitrogens with zero attached hydrogens (tertiary/aromatic N) is 6. The zero-order valence-corrected chi connectivity index (χ0v) is 13.1. The second-order valence-corrected chi connectivity index (χ2v) is 6.32. The molecule has 7 heteroatoms. The average Bonchev–Trinajstić information content (AvgIpc) is 3.10. The lowest BCUT2D eigenvalue weighted by atomic mass is 10.1. The number of rotatable bonds is 1. The van der Waals surface area contributed by atoms with E-state index in [0.717, 1.165) is 32.4 Å². The molecular weight excluding hydrogens is 296 g/mol. The van der Waals surface area contributed by atoms with Gasteiger partial charge in [-0.2, -0.15) is 14.9 Å². The van der Waals surface area contributed by atoms with E-state index in [-0.39, 0.29) is 0 Å². The summed E-state index contributed by atoms with van der Waals surface area (Å²) in [7, 11) is 1.99. The van der Waals surface area contributed by atoms with Crippen molar-refractivity contribution in [3.63, 3.8) is 0 Å². The number of aryl methyl sites for hydroxylation is 3. The first-order valence-corrected chi connectivity index (χ1v) is 7.60. The van der Waals surface area contributed by atoms with Gasteiger partial charge in [0.2, 0.25) is 4.96 Å². The van der Waals surface area contributed by atoms with Gasteiger partial charge in [-0.15, -0.1) is 0 Å². The van der Waals surface area contributed by atoms with Crippen molar-refractivity contribution in [3.8, 4) is 17.3 Å². The van der Waals surface area contributed by atoms with Crippen LogP contribution in [0.15, 0.2) is 18.2 Å². The van der Waals surface area contributed by atoms with E-state index in [1.807, 2.05) is 43.7 Å². The smallest absolute Gasteiger partial charge is 0.213 e. The lowest BCUT2D eigenvalue weighted by Crippen LogP contribution is -1.91. The Morgan fingerprint density at radius 2 is 2.05 bits per heavy atom. The summed E-state index contributed by atoms with van der Waals surface area (Å²) < 4.78 is 3.66. The standard InChI is InChI=1S/C15H12N6S/c1-8-17-11-6-10(4-5-12(11)20(8)3)14-13(7-16)21-15(18-14)22-9(2)19-21/h4-6H,1-3H3. The Hall–Kier alpha value is -2.72. The zero-order valence-electron chi connectivity index (χ0n) is 12.3. The minimum absolute atomic E-state index is 0.464. The number of imidazole rings is 2. The van der Waals surface area contributed by atoms with E-state index >= 15 is 0 Å². The monoisotopic (exact) mass is 308 g/mol. The summed E-state index contributed by atoms with van der Waals surface area (Å²) in [5.74, 6) is 0.954. The minimum Gasteiger partial charge on any atom is -0.331 e. The Morgan fingerprint density at radius 3 is 2.82 bits per heavy atom. The Kier molecular flexibility index (Phi) is 2.59. The van der Waals surface area contributed by atoms with E-state index in [1.54, 1.807) is 4.52 Å². The molecule has 0 radical (unpaired) electrons. The van der Waals surface area contributed by atoms with Crippen LogP contribution in [0, 0.1) is 25.2 Å². The van der Waals surface area contributed by atoms with Crippen LogP contribution in [0.2, 0.25) is 0 Å². The fourth-order valence-electron chi connectivity index (χ4n) is 2.61. The topological polar surface area (TPSA) is 71.8 Å². The molecule has 3 heterocycles. The maximum absolute atomic E-state index is 9.47. The molecule has 0 saturated carbocycles. The van der Waals surface area contributed by atoms with Crippen LogP contribution in [0.4, 0.5) is 0 Å². The van der Waals surface area contributed by atoms with Crippen LogP contribution in [-0.4, -0.2) is 24.1 Å². The SMILES string of the molecule is Cc1nn2c(C#N)c(-c3ccc4c(c3)nc(C)n4C)nc2s1. The van der Waals surface area contributed by atoms with Gasteiger partial charge >= 0.3 is 0 Å². The van der Waals surface area contributed by atoms with Crippen molar-refractivity contribution in [3.05, 3.63) is 34.7 Å². The Morgan fingerprint density at radius 1 is 1.23 bits per heavy atom. The highest BCUT2D eigenvalue weighted by molar-refractivity contribution is 7.16. The summed E-state index contributed by atoms with van der Waals surface area (Å²) >= 11 is 1.48. The predicted molar refractivity (Wildman–Crippen MR) is 84.8 cm³/mol. The Balaban J connectivity index is 1.98. The van der Waals surface area contributed by atoms with Crippen molar-refractivity contribution >= 4 is 27.3 Å². The van der Waals surface area contributed by atoms with Crippen LogP contribution in [0.3, 0.4) is 0 Å². The van der Waals surface area contributed by atoms with Gasteiger partial charge in [-0.25, -0.2) is 9.97 Å². The van der Waals surface area contributed by atoms with Crippen molar-refractivity contribution in [1.82, 2.24) is 24.1 Å². The highest BCUT2D eigenvalue weighted by Gasteiger charge is 2.17. The number of hydrogen-bond acceptors (Lipinski definition) is 5. The first kappa shape index (κ1) is 13.0. The van der Waals surface area contributed by atoms with Gasteiger partial charge in [0.15, 0.2) is 5.69 Å².